The summed E-state index contributed by atoms with van der Waals surface area (Å²) in [6, 6.07) is 15.1. The second-order valence-corrected chi connectivity index (χ2v) is 5.10. The average Bonchev–Trinajstić information content (AvgIpc) is 2.55. The van der Waals surface area contributed by atoms with E-state index in [9.17, 15) is 18.0 Å². The van der Waals surface area contributed by atoms with Crippen molar-refractivity contribution in [2.75, 3.05) is 0 Å². The summed E-state index contributed by atoms with van der Waals surface area (Å²) in [6.45, 7) is 0. The minimum absolute atomic E-state index is 0.157. The second kappa shape index (κ2) is 7.10. The summed E-state index contributed by atoms with van der Waals surface area (Å²) in [5.41, 5.74) is 0.213. The van der Waals surface area contributed by atoms with E-state index in [1.165, 1.54) is 12.1 Å². The van der Waals surface area contributed by atoms with E-state index in [0.717, 1.165) is 12.1 Å². The fourth-order valence-electron chi connectivity index (χ4n) is 2.37. The molecule has 1 atom stereocenters. The molecule has 2 aromatic carbocycles. The lowest BCUT2D eigenvalue weighted by atomic mass is 9.87. The quantitative estimate of drug-likeness (QED) is 0.730. The molecule has 0 radical (unpaired) electrons. The maximum atomic E-state index is 12.6. The van der Waals surface area contributed by atoms with Gasteiger partial charge in [-0.2, -0.15) is 18.4 Å². The van der Waals surface area contributed by atoms with Crippen molar-refractivity contribution in [3.05, 3.63) is 71.3 Å². The van der Waals surface area contributed by atoms with Crippen LogP contribution in [-0.2, 0) is 6.18 Å². The molecular formula is C18H14F3NO. The Balaban J connectivity index is 2.32. The van der Waals surface area contributed by atoms with E-state index in [4.69, 9.17) is 5.26 Å². The first-order valence-electron chi connectivity index (χ1n) is 7.07. The molecule has 0 saturated heterocycles. The van der Waals surface area contributed by atoms with Crippen LogP contribution in [0.2, 0.25) is 0 Å². The van der Waals surface area contributed by atoms with Gasteiger partial charge in [0, 0.05) is 17.9 Å². The molecule has 2 aromatic rings. The van der Waals surface area contributed by atoms with Crippen LogP contribution in [0.1, 0.15) is 40.2 Å². The van der Waals surface area contributed by atoms with Gasteiger partial charge in [0.15, 0.2) is 5.78 Å². The van der Waals surface area contributed by atoms with Crippen LogP contribution in [0.3, 0.4) is 0 Å². The summed E-state index contributed by atoms with van der Waals surface area (Å²) in [6.07, 6.45) is -3.98. The van der Waals surface area contributed by atoms with Gasteiger partial charge in [-0.15, -0.1) is 0 Å². The molecule has 0 aliphatic rings. The fourth-order valence-corrected chi connectivity index (χ4v) is 2.37. The topological polar surface area (TPSA) is 40.9 Å². The molecule has 0 fully saturated rings. The molecule has 2 rings (SSSR count). The van der Waals surface area contributed by atoms with Crippen molar-refractivity contribution in [1.82, 2.24) is 0 Å². The van der Waals surface area contributed by atoms with Crippen LogP contribution >= 0.6 is 0 Å². The number of rotatable bonds is 5. The molecule has 0 amide bonds. The minimum atomic E-state index is -4.41. The summed E-state index contributed by atoms with van der Waals surface area (Å²) in [5, 5.41) is 8.76. The van der Waals surface area contributed by atoms with Gasteiger partial charge in [-0.1, -0.05) is 42.5 Å². The lowest BCUT2D eigenvalue weighted by Crippen LogP contribution is -2.14. The largest absolute Gasteiger partial charge is 0.416 e. The molecule has 0 heterocycles. The number of carbonyl (C=O) groups is 1. The van der Waals surface area contributed by atoms with Gasteiger partial charge in [-0.3, -0.25) is 4.79 Å². The molecule has 0 spiro atoms. The Morgan fingerprint density at radius 2 is 1.65 bits per heavy atom. The van der Waals surface area contributed by atoms with Crippen LogP contribution in [0.25, 0.3) is 0 Å². The van der Waals surface area contributed by atoms with Crippen LogP contribution in [-0.4, -0.2) is 5.78 Å². The predicted octanol–water partition coefficient (Wildman–Crippen LogP) is 4.98. The first-order chi connectivity index (χ1) is 10.9. The zero-order chi connectivity index (χ0) is 16.9. The Kier molecular flexibility index (Phi) is 5.17. The monoisotopic (exact) mass is 317 g/mol. The van der Waals surface area contributed by atoms with Crippen molar-refractivity contribution < 1.29 is 18.0 Å². The van der Waals surface area contributed by atoms with Crippen molar-refractivity contribution >= 4 is 5.78 Å². The maximum Gasteiger partial charge on any atom is 0.416 e. The summed E-state index contributed by atoms with van der Waals surface area (Å²) in [5.74, 6) is -0.819. The zero-order valence-electron chi connectivity index (χ0n) is 12.2. The maximum absolute atomic E-state index is 12.6. The highest BCUT2D eigenvalue weighted by molar-refractivity contribution is 6.00. The van der Waals surface area contributed by atoms with Gasteiger partial charge < -0.3 is 0 Å². The molecule has 0 aliphatic carbocycles. The summed E-state index contributed by atoms with van der Waals surface area (Å²) in [7, 11) is 0. The molecule has 2 nitrogen and oxygen atoms in total. The number of benzene rings is 2. The van der Waals surface area contributed by atoms with Gasteiger partial charge in [-0.05, 0) is 24.1 Å². The Morgan fingerprint density at radius 1 is 1.04 bits per heavy atom. The van der Waals surface area contributed by atoms with E-state index in [-0.39, 0.29) is 18.6 Å². The fraction of sp³-hybridized carbons (Fsp3) is 0.222. The van der Waals surface area contributed by atoms with E-state index >= 15 is 0 Å². The van der Waals surface area contributed by atoms with E-state index in [1.807, 2.05) is 6.07 Å². The Hall–Kier alpha value is -2.61. The minimum Gasteiger partial charge on any atom is -0.293 e. The Bertz CT molecular complexity index is 700. The normalized spacial score (nSPS) is 12.4. The van der Waals surface area contributed by atoms with Gasteiger partial charge in [-0.25, -0.2) is 0 Å². The summed E-state index contributed by atoms with van der Waals surface area (Å²) < 4.78 is 37.9. The number of ketones is 1. The third-order valence-electron chi connectivity index (χ3n) is 3.56. The first-order valence-corrected chi connectivity index (χ1v) is 7.07. The molecule has 0 aliphatic heterocycles. The van der Waals surface area contributed by atoms with E-state index in [0.29, 0.717) is 11.1 Å². The van der Waals surface area contributed by atoms with Crippen molar-refractivity contribution in [3.63, 3.8) is 0 Å². The van der Waals surface area contributed by atoms with E-state index < -0.39 is 17.7 Å². The molecule has 118 valence electrons. The molecule has 0 bridgehead atoms. The molecule has 1 unspecified atom stereocenters. The SMILES string of the molecule is N#CCCC(C(=O)c1ccccc1)c1ccc(C(F)(F)F)cc1. The van der Waals surface area contributed by atoms with Crippen LogP contribution in [0, 0.1) is 11.3 Å². The number of hydrogen-bond donors (Lipinski definition) is 0. The summed E-state index contributed by atoms with van der Waals surface area (Å²) >= 11 is 0. The van der Waals surface area contributed by atoms with E-state index in [1.54, 1.807) is 30.3 Å². The van der Waals surface area contributed by atoms with Gasteiger partial charge in [0.25, 0.3) is 0 Å². The molecule has 0 N–H and O–H groups in total. The number of alkyl halides is 3. The Morgan fingerprint density at radius 3 is 2.17 bits per heavy atom. The molecule has 23 heavy (non-hydrogen) atoms. The zero-order valence-corrected chi connectivity index (χ0v) is 12.2. The number of hydrogen-bond acceptors (Lipinski definition) is 2. The third kappa shape index (κ3) is 4.19. The van der Waals surface area contributed by atoms with E-state index in [2.05, 4.69) is 0 Å². The van der Waals surface area contributed by atoms with Crippen LogP contribution in [0.4, 0.5) is 13.2 Å². The highest BCUT2D eigenvalue weighted by atomic mass is 19.4. The van der Waals surface area contributed by atoms with Crippen LogP contribution in [0.15, 0.2) is 54.6 Å². The highest BCUT2D eigenvalue weighted by Crippen LogP contribution is 2.32. The molecule has 5 heteroatoms. The molecule has 0 aromatic heterocycles. The van der Waals surface area contributed by atoms with Crippen molar-refractivity contribution in [2.24, 2.45) is 0 Å². The number of carbonyl (C=O) groups excluding carboxylic acids is 1. The number of nitrogens with zero attached hydrogens (tertiary/aromatic N) is 1. The van der Waals surface area contributed by atoms with Crippen LogP contribution in [0.5, 0.6) is 0 Å². The first kappa shape index (κ1) is 16.8. The van der Waals surface area contributed by atoms with Crippen molar-refractivity contribution in [2.45, 2.75) is 24.9 Å². The predicted molar refractivity (Wildman–Crippen MR) is 79.8 cm³/mol. The number of nitriles is 1. The number of Topliss-reactive ketones (excluding diaryl/α,β-unsaturated/α-hetero) is 1. The lowest BCUT2D eigenvalue weighted by molar-refractivity contribution is -0.137. The summed E-state index contributed by atoms with van der Waals surface area (Å²) in [4.78, 5) is 12.6. The number of halogens is 3. The standard InChI is InChI=1S/C18H14F3NO/c19-18(20,21)15-10-8-13(9-11-15)16(7-4-12-22)17(23)14-5-2-1-3-6-14/h1-3,5-6,8-11,16H,4,7H2. The molecule has 0 saturated carbocycles. The second-order valence-electron chi connectivity index (χ2n) is 5.10. The molecular weight excluding hydrogens is 303 g/mol. The van der Waals surface area contributed by atoms with Gasteiger partial charge in [0.2, 0.25) is 0 Å². The highest BCUT2D eigenvalue weighted by Gasteiger charge is 2.30. The van der Waals surface area contributed by atoms with Crippen LogP contribution < -0.4 is 0 Å². The average molecular weight is 317 g/mol. The third-order valence-corrected chi connectivity index (χ3v) is 3.56. The smallest absolute Gasteiger partial charge is 0.293 e. The van der Waals surface area contributed by atoms with Crippen molar-refractivity contribution in [3.8, 4) is 6.07 Å². The van der Waals surface area contributed by atoms with Crippen molar-refractivity contribution in [1.29, 1.82) is 5.26 Å². The van der Waals surface area contributed by atoms with Gasteiger partial charge >= 0.3 is 6.18 Å². The van der Waals surface area contributed by atoms with Gasteiger partial charge in [0.1, 0.15) is 0 Å². The Labute approximate surface area is 132 Å². The lowest BCUT2D eigenvalue weighted by Gasteiger charge is -2.16. The van der Waals surface area contributed by atoms with Gasteiger partial charge in [0.05, 0.1) is 11.6 Å².